The maximum Gasteiger partial charge on any atom is 0.211 e. The van der Waals surface area contributed by atoms with Crippen LogP contribution in [0.15, 0.2) is 0 Å². The van der Waals surface area contributed by atoms with Crippen LogP contribution in [-0.4, -0.2) is 82.9 Å². The summed E-state index contributed by atoms with van der Waals surface area (Å²) in [5.74, 6) is 0.418. The molecule has 2 rings (SSSR count). The van der Waals surface area contributed by atoms with Crippen LogP contribution < -0.4 is 5.32 Å². The number of sulfonamides is 1. The molecule has 3 unspecified atom stereocenters. The lowest BCUT2D eigenvalue weighted by atomic mass is 9.90. The van der Waals surface area contributed by atoms with Crippen molar-refractivity contribution in [1.29, 1.82) is 0 Å². The predicted octanol–water partition coefficient (Wildman–Crippen LogP) is -0.0333. The Kier molecular flexibility index (Phi) is 6.02. The Hall–Kier alpha value is -0.210. The molecule has 0 saturated carbocycles. The molecule has 6 nitrogen and oxygen atoms in total. The molecule has 0 radical (unpaired) electrons. The topological polar surface area (TPSA) is 61.9 Å². The molecular weight excluding hydrogens is 290 g/mol. The van der Waals surface area contributed by atoms with Crippen LogP contribution in [0.5, 0.6) is 0 Å². The van der Waals surface area contributed by atoms with Gasteiger partial charge >= 0.3 is 0 Å². The van der Waals surface area contributed by atoms with Gasteiger partial charge < -0.3 is 15.0 Å². The fourth-order valence-electron chi connectivity index (χ4n) is 3.39. The molecule has 2 heterocycles. The second-order valence-corrected chi connectivity index (χ2v) is 8.41. The van der Waals surface area contributed by atoms with E-state index in [2.05, 4.69) is 17.3 Å². The van der Waals surface area contributed by atoms with Gasteiger partial charge in [0.05, 0.1) is 19.0 Å². The smallest absolute Gasteiger partial charge is 0.211 e. The predicted molar refractivity (Wildman–Crippen MR) is 83.8 cm³/mol. The van der Waals surface area contributed by atoms with Gasteiger partial charge in [0.2, 0.25) is 10.0 Å². The van der Waals surface area contributed by atoms with Crippen LogP contribution in [0.2, 0.25) is 0 Å². The number of nitrogens with one attached hydrogen (secondary N) is 1. The van der Waals surface area contributed by atoms with E-state index in [1.165, 1.54) is 6.26 Å². The van der Waals surface area contributed by atoms with Crippen molar-refractivity contribution in [2.24, 2.45) is 5.92 Å². The second kappa shape index (κ2) is 7.37. The first-order valence-corrected chi connectivity index (χ1v) is 9.67. The summed E-state index contributed by atoms with van der Waals surface area (Å²) in [6.45, 7) is 4.02. The summed E-state index contributed by atoms with van der Waals surface area (Å²) < 4.78 is 30.9. The fraction of sp³-hybridized carbons (Fsp3) is 1.00. The molecule has 124 valence electrons. The van der Waals surface area contributed by atoms with Gasteiger partial charge in [-0.1, -0.05) is 0 Å². The Bertz CT molecular complexity index is 429. The third kappa shape index (κ3) is 4.89. The summed E-state index contributed by atoms with van der Waals surface area (Å²) >= 11 is 0. The summed E-state index contributed by atoms with van der Waals surface area (Å²) in [6, 6.07) is 0.289. The zero-order valence-electron chi connectivity index (χ0n) is 13.4. The van der Waals surface area contributed by atoms with Gasteiger partial charge in [-0.3, -0.25) is 0 Å². The van der Waals surface area contributed by atoms with Gasteiger partial charge in [-0.2, -0.15) is 0 Å². The number of rotatable bonds is 5. The summed E-state index contributed by atoms with van der Waals surface area (Å²) in [5.41, 5.74) is 0. The average Bonchev–Trinajstić information content (AvgIpc) is 2.44. The zero-order valence-corrected chi connectivity index (χ0v) is 14.2. The lowest BCUT2D eigenvalue weighted by Gasteiger charge is -2.38. The lowest BCUT2D eigenvalue weighted by molar-refractivity contribution is -0.0421. The van der Waals surface area contributed by atoms with Crippen LogP contribution in [-0.2, 0) is 14.8 Å². The van der Waals surface area contributed by atoms with Crippen molar-refractivity contribution >= 4 is 10.0 Å². The molecule has 2 saturated heterocycles. The number of hydrogen-bond donors (Lipinski definition) is 1. The molecule has 3 atom stereocenters. The molecule has 0 aromatic carbocycles. The number of nitrogens with zero attached hydrogens (tertiary/aromatic N) is 2. The molecule has 0 amide bonds. The second-order valence-electron chi connectivity index (χ2n) is 6.43. The monoisotopic (exact) mass is 319 g/mol. The fourth-order valence-corrected chi connectivity index (χ4v) is 4.33. The number of ether oxygens (including phenoxy) is 1. The molecule has 2 aliphatic rings. The van der Waals surface area contributed by atoms with E-state index < -0.39 is 10.0 Å². The first-order chi connectivity index (χ1) is 9.90. The Morgan fingerprint density at radius 2 is 2.10 bits per heavy atom. The van der Waals surface area contributed by atoms with Gasteiger partial charge in [0.15, 0.2) is 0 Å². The highest BCUT2D eigenvalue weighted by Crippen LogP contribution is 2.24. The van der Waals surface area contributed by atoms with Gasteiger partial charge in [-0.05, 0) is 39.3 Å². The molecule has 21 heavy (non-hydrogen) atoms. The minimum atomic E-state index is -3.06. The molecule has 0 aromatic heterocycles. The van der Waals surface area contributed by atoms with Gasteiger partial charge in [0, 0.05) is 32.2 Å². The molecule has 1 N–H and O–H groups in total. The normalized spacial score (nSPS) is 31.2. The maximum absolute atomic E-state index is 11.7. The minimum absolute atomic E-state index is 0.197. The first-order valence-electron chi connectivity index (χ1n) is 7.82. The van der Waals surface area contributed by atoms with E-state index in [-0.39, 0.29) is 12.1 Å². The molecule has 0 aliphatic carbocycles. The number of morpholine rings is 1. The Morgan fingerprint density at radius 3 is 2.71 bits per heavy atom. The molecule has 2 aliphatic heterocycles. The van der Waals surface area contributed by atoms with Gasteiger partial charge in [-0.25, -0.2) is 12.7 Å². The summed E-state index contributed by atoms with van der Waals surface area (Å²) in [5, 5.41) is 3.37. The molecular formula is C14H29N3O3S. The van der Waals surface area contributed by atoms with Crippen molar-refractivity contribution in [3.05, 3.63) is 0 Å². The highest BCUT2D eigenvalue weighted by Gasteiger charge is 2.31. The summed E-state index contributed by atoms with van der Waals surface area (Å²) in [7, 11) is 1.03. The van der Waals surface area contributed by atoms with Crippen LogP contribution in [0.3, 0.4) is 0 Å². The van der Waals surface area contributed by atoms with Crippen LogP contribution in [0.4, 0.5) is 0 Å². The van der Waals surface area contributed by atoms with E-state index in [0.29, 0.717) is 19.0 Å². The molecule has 2 fully saturated rings. The van der Waals surface area contributed by atoms with E-state index in [1.54, 1.807) is 4.31 Å². The van der Waals surface area contributed by atoms with E-state index in [9.17, 15) is 8.42 Å². The van der Waals surface area contributed by atoms with Crippen molar-refractivity contribution in [1.82, 2.24) is 14.5 Å². The third-order valence-electron chi connectivity index (χ3n) is 4.65. The molecule has 0 aromatic rings. The van der Waals surface area contributed by atoms with E-state index in [0.717, 1.165) is 39.0 Å². The average molecular weight is 319 g/mol. The van der Waals surface area contributed by atoms with Crippen molar-refractivity contribution < 1.29 is 13.2 Å². The van der Waals surface area contributed by atoms with E-state index >= 15 is 0 Å². The van der Waals surface area contributed by atoms with Crippen LogP contribution >= 0.6 is 0 Å². The highest BCUT2D eigenvalue weighted by atomic mass is 32.2. The summed E-state index contributed by atoms with van der Waals surface area (Å²) in [4.78, 5) is 2.29. The number of likely N-dealkylation sites (N-methyl/N-ethyl adjacent to an activating group) is 2. The summed E-state index contributed by atoms with van der Waals surface area (Å²) in [6.07, 6.45) is 4.54. The van der Waals surface area contributed by atoms with Gasteiger partial charge in [0.25, 0.3) is 0 Å². The van der Waals surface area contributed by atoms with E-state index in [4.69, 9.17) is 4.74 Å². The SMILES string of the molecule is CNC(CC1CCCN(S(C)(=O)=O)C1)C1CN(C)CCO1. The van der Waals surface area contributed by atoms with E-state index in [1.807, 2.05) is 7.05 Å². The maximum atomic E-state index is 11.7. The quantitative estimate of drug-likeness (QED) is 0.771. The van der Waals surface area contributed by atoms with Crippen molar-refractivity contribution in [2.45, 2.75) is 31.4 Å². The largest absolute Gasteiger partial charge is 0.374 e. The van der Waals surface area contributed by atoms with Crippen molar-refractivity contribution in [3.63, 3.8) is 0 Å². The van der Waals surface area contributed by atoms with Gasteiger partial charge in [0.1, 0.15) is 0 Å². The zero-order chi connectivity index (χ0) is 15.5. The van der Waals surface area contributed by atoms with Crippen LogP contribution in [0, 0.1) is 5.92 Å². The number of piperidine rings is 1. The Balaban J connectivity index is 1.92. The molecule has 0 spiro atoms. The third-order valence-corrected chi connectivity index (χ3v) is 5.92. The van der Waals surface area contributed by atoms with Crippen LogP contribution in [0.25, 0.3) is 0 Å². The molecule has 0 bridgehead atoms. The standard InChI is InChI=1S/C14H29N3O3S/c1-15-13(14-11-16(2)7-8-20-14)9-12-5-4-6-17(10-12)21(3,18)19/h12-15H,4-11H2,1-3H3. The van der Waals surface area contributed by atoms with Gasteiger partial charge in [-0.15, -0.1) is 0 Å². The Labute approximate surface area is 128 Å². The Morgan fingerprint density at radius 1 is 1.33 bits per heavy atom. The number of hydrogen-bond acceptors (Lipinski definition) is 5. The van der Waals surface area contributed by atoms with Crippen LogP contribution in [0.1, 0.15) is 19.3 Å². The highest BCUT2D eigenvalue weighted by molar-refractivity contribution is 7.88. The van der Waals surface area contributed by atoms with Crippen molar-refractivity contribution in [2.75, 3.05) is 53.1 Å². The first kappa shape index (κ1) is 17.1. The molecule has 7 heteroatoms. The lowest BCUT2D eigenvalue weighted by Crippen LogP contribution is -2.52. The van der Waals surface area contributed by atoms with Crippen molar-refractivity contribution in [3.8, 4) is 0 Å². The minimum Gasteiger partial charge on any atom is -0.374 e.